The molecule has 0 fully saturated rings. The minimum Gasteiger partial charge on any atom is -0.392 e. The van der Waals surface area contributed by atoms with Crippen LogP contribution in [0.4, 0.5) is 5.95 Å². The van der Waals surface area contributed by atoms with Gasteiger partial charge in [0.1, 0.15) is 5.69 Å². The lowest BCUT2D eigenvalue weighted by Gasteiger charge is -2.10. The number of rotatable bonds is 6. The van der Waals surface area contributed by atoms with Gasteiger partial charge in [0.05, 0.1) is 23.7 Å². The van der Waals surface area contributed by atoms with Gasteiger partial charge >= 0.3 is 0 Å². The molecule has 4 rings (SSSR count). The fourth-order valence-corrected chi connectivity index (χ4v) is 2.90. The first-order chi connectivity index (χ1) is 12.7. The highest BCUT2D eigenvalue weighted by Gasteiger charge is 2.14. The van der Waals surface area contributed by atoms with Gasteiger partial charge in [-0.25, -0.2) is 4.98 Å². The molecule has 0 radical (unpaired) electrons. The first kappa shape index (κ1) is 16.4. The summed E-state index contributed by atoms with van der Waals surface area (Å²) in [6, 6.07) is 19.8. The molecule has 4 aromatic rings. The zero-order valence-corrected chi connectivity index (χ0v) is 14.5. The van der Waals surface area contributed by atoms with Crippen molar-refractivity contribution in [1.82, 2.24) is 14.7 Å². The smallest absolute Gasteiger partial charge is 0.204 e. The number of nitrogens with one attached hydrogen (secondary N) is 1. The third kappa shape index (κ3) is 3.32. The predicted octanol–water partition coefficient (Wildman–Crippen LogP) is 3.53. The zero-order valence-electron chi connectivity index (χ0n) is 14.5. The first-order valence-electron chi connectivity index (χ1n) is 8.59. The molecule has 0 spiro atoms. The third-order valence-electron chi connectivity index (χ3n) is 4.15. The normalized spacial score (nSPS) is 12.4. The van der Waals surface area contributed by atoms with Crippen LogP contribution in [0.3, 0.4) is 0 Å². The lowest BCUT2D eigenvalue weighted by atomic mass is 10.1. The van der Waals surface area contributed by atoms with E-state index in [2.05, 4.69) is 15.5 Å². The Labute approximate surface area is 151 Å². The molecule has 6 nitrogen and oxygen atoms in total. The summed E-state index contributed by atoms with van der Waals surface area (Å²) >= 11 is 0. The van der Waals surface area contributed by atoms with Crippen molar-refractivity contribution in [2.75, 3.05) is 11.9 Å². The highest BCUT2D eigenvalue weighted by atomic mass is 16.5. The monoisotopic (exact) mass is 348 g/mol. The van der Waals surface area contributed by atoms with Crippen molar-refractivity contribution in [3.05, 3.63) is 66.4 Å². The molecule has 0 saturated heterocycles. The molecule has 6 heteroatoms. The summed E-state index contributed by atoms with van der Waals surface area (Å²) in [5.41, 5.74) is 3.71. The van der Waals surface area contributed by atoms with Gasteiger partial charge in [-0.3, -0.25) is 0 Å². The Morgan fingerprint density at radius 2 is 1.88 bits per heavy atom. The zero-order chi connectivity index (χ0) is 17.9. The molecule has 132 valence electrons. The molecular weight excluding hydrogens is 328 g/mol. The average Bonchev–Trinajstić information content (AvgIpc) is 3.26. The van der Waals surface area contributed by atoms with Crippen LogP contribution < -0.4 is 5.32 Å². The van der Waals surface area contributed by atoms with E-state index < -0.39 is 6.10 Å². The summed E-state index contributed by atoms with van der Waals surface area (Å²) in [5, 5.41) is 17.0. The number of hydrogen-bond acceptors (Lipinski definition) is 5. The maximum absolute atomic E-state index is 9.57. The Morgan fingerprint density at radius 3 is 2.69 bits per heavy atom. The van der Waals surface area contributed by atoms with E-state index >= 15 is 0 Å². The molecule has 2 aromatic heterocycles. The van der Waals surface area contributed by atoms with Gasteiger partial charge < -0.3 is 19.5 Å². The van der Waals surface area contributed by atoms with Crippen LogP contribution in [0.25, 0.3) is 22.4 Å². The van der Waals surface area contributed by atoms with Crippen LogP contribution in [-0.4, -0.2) is 32.5 Å². The van der Waals surface area contributed by atoms with Gasteiger partial charge in [-0.2, -0.15) is 0 Å². The van der Waals surface area contributed by atoms with Crippen molar-refractivity contribution >= 4 is 17.0 Å². The van der Waals surface area contributed by atoms with Crippen LogP contribution in [-0.2, 0) is 6.54 Å². The van der Waals surface area contributed by atoms with E-state index in [1.165, 1.54) is 0 Å². The summed E-state index contributed by atoms with van der Waals surface area (Å²) in [6.07, 6.45) is -0.458. The molecule has 2 N–H and O–H groups in total. The Kier molecular flexibility index (Phi) is 4.41. The highest BCUT2D eigenvalue weighted by molar-refractivity contribution is 5.78. The second-order valence-corrected chi connectivity index (χ2v) is 6.29. The maximum Gasteiger partial charge on any atom is 0.204 e. The Bertz CT molecular complexity index is 1010. The lowest BCUT2D eigenvalue weighted by molar-refractivity contribution is 0.208. The molecule has 0 aliphatic heterocycles. The van der Waals surface area contributed by atoms with Crippen LogP contribution in [0, 0.1) is 0 Å². The van der Waals surface area contributed by atoms with Crippen LogP contribution in [0.15, 0.2) is 65.2 Å². The van der Waals surface area contributed by atoms with Gasteiger partial charge in [0.2, 0.25) is 5.95 Å². The number of aromatic nitrogens is 3. The summed E-state index contributed by atoms with van der Waals surface area (Å²) in [4.78, 5) is 4.63. The van der Waals surface area contributed by atoms with Crippen molar-refractivity contribution in [1.29, 1.82) is 0 Å². The quantitative estimate of drug-likeness (QED) is 0.557. The largest absolute Gasteiger partial charge is 0.392 e. The van der Waals surface area contributed by atoms with Crippen LogP contribution in [0.5, 0.6) is 0 Å². The van der Waals surface area contributed by atoms with E-state index in [0.717, 1.165) is 28.1 Å². The molecule has 0 unspecified atom stereocenters. The Morgan fingerprint density at radius 1 is 1.12 bits per heavy atom. The second kappa shape index (κ2) is 7.01. The van der Waals surface area contributed by atoms with Gasteiger partial charge in [0.15, 0.2) is 5.76 Å². The van der Waals surface area contributed by atoms with E-state index in [9.17, 15) is 5.11 Å². The number of aliphatic hydroxyl groups excluding tert-OH is 1. The molecular formula is C20H20N4O2. The lowest BCUT2D eigenvalue weighted by Crippen LogP contribution is -2.18. The molecule has 2 heterocycles. The number of para-hydroxylation sites is 2. The number of imidazole rings is 1. The predicted molar refractivity (Wildman–Crippen MR) is 101 cm³/mol. The van der Waals surface area contributed by atoms with E-state index in [4.69, 9.17) is 4.52 Å². The minimum atomic E-state index is -0.458. The van der Waals surface area contributed by atoms with E-state index in [-0.39, 0.29) is 0 Å². The number of fused-ring (bicyclic) bond motifs is 1. The average molecular weight is 348 g/mol. The van der Waals surface area contributed by atoms with Crippen LogP contribution in [0.2, 0.25) is 0 Å². The Balaban J connectivity index is 1.66. The first-order valence-corrected chi connectivity index (χ1v) is 8.59. The standard InChI is InChI=1S/C20H20N4O2/c1-14(25)12-21-20-22-17-9-5-6-10-18(17)24(20)13-16-11-19(26-23-16)15-7-3-2-4-8-15/h2-11,14,25H,12-13H2,1H3,(H,21,22)/t14-/m1/s1. The summed E-state index contributed by atoms with van der Waals surface area (Å²) < 4.78 is 7.55. The van der Waals surface area contributed by atoms with Gasteiger partial charge in [0, 0.05) is 18.2 Å². The summed E-state index contributed by atoms with van der Waals surface area (Å²) in [5.74, 6) is 1.44. The highest BCUT2D eigenvalue weighted by Crippen LogP contribution is 2.24. The fourth-order valence-electron chi connectivity index (χ4n) is 2.90. The molecule has 0 aliphatic carbocycles. The third-order valence-corrected chi connectivity index (χ3v) is 4.15. The maximum atomic E-state index is 9.57. The van der Waals surface area contributed by atoms with Gasteiger partial charge in [0.25, 0.3) is 0 Å². The van der Waals surface area contributed by atoms with Crippen molar-refractivity contribution in [2.24, 2.45) is 0 Å². The van der Waals surface area contributed by atoms with Gasteiger partial charge in [-0.05, 0) is 19.1 Å². The number of aliphatic hydroxyl groups is 1. The topological polar surface area (TPSA) is 76.1 Å². The molecule has 0 saturated carbocycles. The van der Waals surface area contributed by atoms with Crippen molar-refractivity contribution < 1.29 is 9.63 Å². The molecule has 0 bridgehead atoms. The molecule has 1 atom stereocenters. The van der Waals surface area contributed by atoms with Crippen molar-refractivity contribution in [2.45, 2.75) is 19.6 Å². The molecule has 2 aromatic carbocycles. The van der Waals surface area contributed by atoms with Gasteiger partial charge in [-0.1, -0.05) is 47.6 Å². The molecule has 0 aliphatic rings. The Hall–Kier alpha value is -3.12. The van der Waals surface area contributed by atoms with Crippen LogP contribution in [0.1, 0.15) is 12.6 Å². The minimum absolute atomic E-state index is 0.428. The SMILES string of the molecule is C[C@@H](O)CNc1nc2ccccc2n1Cc1cc(-c2ccccc2)on1. The second-order valence-electron chi connectivity index (χ2n) is 6.29. The molecule has 26 heavy (non-hydrogen) atoms. The van der Waals surface area contributed by atoms with E-state index in [1.54, 1.807) is 6.92 Å². The summed E-state index contributed by atoms with van der Waals surface area (Å²) in [6.45, 7) is 2.69. The number of benzene rings is 2. The fraction of sp³-hybridized carbons (Fsp3) is 0.200. The number of nitrogens with zero attached hydrogens (tertiary/aromatic N) is 3. The van der Waals surface area contributed by atoms with Crippen LogP contribution >= 0.6 is 0 Å². The van der Waals surface area contributed by atoms with E-state index in [1.807, 2.05) is 65.2 Å². The molecule has 0 amide bonds. The van der Waals surface area contributed by atoms with Crippen molar-refractivity contribution in [3.8, 4) is 11.3 Å². The van der Waals surface area contributed by atoms with E-state index in [0.29, 0.717) is 19.0 Å². The van der Waals surface area contributed by atoms with Gasteiger partial charge in [-0.15, -0.1) is 0 Å². The summed E-state index contributed by atoms with van der Waals surface area (Å²) in [7, 11) is 0. The van der Waals surface area contributed by atoms with Crippen molar-refractivity contribution in [3.63, 3.8) is 0 Å². The number of anilines is 1. The number of hydrogen-bond donors (Lipinski definition) is 2.